The number of nitrogens with two attached hydrogens (primary N) is 1. The highest BCUT2D eigenvalue weighted by Crippen LogP contribution is 2.28. The topological polar surface area (TPSA) is 72.2 Å². The fraction of sp³-hybridized carbons (Fsp3) is 0.545. The Bertz CT molecular complexity index is 410. The molecule has 0 aromatic carbocycles. The van der Waals surface area contributed by atoms with E-state index >= 15 is 0 Å². The van der Waals surface area contributed by atoms with Crippen LogP contribution in [0.15, 0.2) is 6.07 Å². The summed E-state index contributed by atoms with van der Waals surface area (Å²) in [6, 6.07) is 1.61. The van der Waals surface area contributed by atoms with Crippen LogP contribution in [0.5, 0.6) is 0 Å². The summed E-state index contributed by atoms with van der Waals surface area (Å²) in [7, 11) is 0. The molecule has 0 amide bonds. The number of ether oxygens (including phenoxy) is 1. The lowest BCUT2D eigenvalue weighted by Gasteiger charge is -2.23. The molecule has 1 saturated heterocycles. The van der Waals surface area contributed by atoms with Gasteiger partial charge in [-0.05, 0) is 25.3 Å². The molecule has 1 aromatic rings. The maximum Gasteiger partial charge on any atom is 0.161 e. The molecule has 100 valence electrons. The van der Waals surface area contributed by atoms with Crippen LogP contribution in [0.4, 0.5) is 11.6 Å². The van der Waals surface area contributed by atoms with Crippen molar-refractivity contribution in [1.29, 1.82) is 0 Å². The second kappa shape index (κ2) is 6.43. The lowest BCUT2D eigenvalue weighted by atomic mass is 10.1. The van der Waals surface area contributed by atoms with Gasteiger partial charge in [-0.15, -0.1) is 0 Å². The molecule has 0 aliphatic carbocycles. The van der Waals surface area contributed by atoms with Gasteiger partial charge in [-0.1, -0.05) is 23.2 Å². The molecule has 2 heterocycles. The van der Waals surface area contributed by atoms with Crippen LogP contribution < -0.4 is 16.6 Å². The summed E-state index contributed by atoms with van der Waals surface area (Å²) in [5.41, 5.74) is 2.43. The van der Waals surface area contributed by atoms with E-state index in [0.29, 0.717) is 28.2 Å². The van der Waals surface area contributed by atoms with Crippen LogP contribution in [-0.2, 0) is 4.74 Å². The summed E-state index contributed by atoms with van der Waals surface area (Å²) in [6.45, 7) is 1.50. The van der Waals surface area contributed by atoms with E-state index in [0.717, 1.165) is 19.4 Å². The van der Waals surface area contributed by atoms with E-state index in [-0.39, 0.29) is 6.10 Å². The second-order valence-corrected chi connectivity index (χ2v) is 4.98. The molecule has 1 unspecified atom stereocenters. The van der Waals surface area contributed by atoms with Crippen LogP contribution in [-0.4, -0.2) is 24.2 Å². The largest absolute Gasteiger partial charge is 0.376 e. The molecule has 2 rings (SSSR count). The fourth-order valence-electron chi connectivity index (χ4n) is 1.87. The van der Waals surface area contributed by atoms with Crippen LogP contribution in [0.3, 0.4) is 0 Å². The van der Waals surface area contributed by atoms with Crippen molar-refractivity contribution < 1.29 is 4.74 Å². The number of hydrazine groups is 1. The molecule has 1 aliphatic rings. The van der Waals surface area contributed by atoms with Gasteiger partial charge in [0.2, 0.25) is 0 Å². The van der Waals surface area contributed by atoms with E-state index in [4.69, 9.17) is 33.8 Å². The standard InChI is InChI=1S/C11H16Cl2N4O/c12-8-5-9(13)11(17-14)16-10(8)15-6-7-3-1-2-4-18-7/h5,7H,1-4,6,14H2,(H2,15,16,17). The minimum Gasteiger partial charge on any atom is -0.376 e. The van der Waals surface area contributed by atoms with Crippen molar-refractivity contribution in [3.63, 3.8) is 0 Å². The number of nitrogen functional groups attached to an aromatic ring is 1. The molecule has 4 N–H and O–H groups in total. The predicted molar refractivity (Wildman–Crippen MR) is 74.1 cm³/mol. The molecule has 0 spiro atoms. The number of nitrogens with zero attached hydrogens (tertiary/aromatic N) is 1. The van der Waals surface area contributed by atoms with Crippen molar-refractivity contribution in [3.8, 4) is 0 Å². The minimum absolute atomic E-state index is 0.210. The lowest BCUT2D eigenvalue weighted by Crippen LogP contribution is -2.27. The first-order valence-corrected chi connectivity index (χ1v) is 6.64. The summed E-state index contributed by atoms with van der Waals surface area (Å²) >= 11 is 12.0. The molecule has 7 heteroatoms. The Morgan fingerprint density at radius 2 is 2.11 bits per heavy atom. The summed E-state index contributed by atoms with van der Waals surface area (Å²) in [6.07, 6.45) is 3.60. The SMILES string of the molecule is NNc1nc(NCC2CCCCO2)c(Cl)cc1Cl. The number of hydrogen-bond acceptors (Lipinski definition) is 5. The zero-order chi connectivity index (χ0) is 13.0. The summed E-state index contributed by atoms with van der Waals surface area (Å²) in [4.78, 5) is 4.21. The number of pyridine rings is 1. The van der Waals surface area contributed by atoms with Gasteiger partial charge in [-0.2, -0.15) is 0 Å². The monoisotopic (exact) mass is 290 g/mol. The Morgan fingerprint density at radius 1 is 1.33 bits per heavy atom. The van der Waals surface area contributed by atoms with Crippen molar-refractivity contribution in [2.45, 2.75) is 25.4 Å². The quantitative estimate of drug-likeness (QED) is 0.587. The minimum atomic E-state index is 0.210. The van der Waals surface area contributed by atoms with Crippen LogP contribution in [0.25, 0.3) is 0 Å². The van der Waals surface area contributed by atoms with Crippen LogP contribution in [0.2, 0.25) is 10.0 Å². The van der Waals surface area contributed by atoms with Crippen LogP contribution in [0.1, 0.15) is 19.3 Å². The molecule has 5 nitrogen and oxygen atoms in total. The first kappa shape index (κ1) is 13.7. The molecular formula is C11H16Cl2N4O. The Labute approximate surface area is 116 Å². The smallest absolute Gasteiger partial charge is 0.161 e. The molecule has 1 fully saturated rings. The second-order valence-electron chi connectivity index (χ2n) is 4.16. The van der Waals surface area contributed by atoms with Crippen molar-refractivity contribution in [2.24, 2.45) is 5.84 Å². The van der Waals surface area contributed by atoms with Gasteiger partial charge in [-0.3, -0.25) is 0 Å². The zero-order valence-corrected chi connectivity index (χ0v) is 11.4. The molecule has 0 bridgehead atoms. The van der Waals surface area contributed by atoms with Gasteiger partial charge < -0.3 is 15.5 Å². The van der Waals surface area contributed by atoms with Crippen molar-refractivity contribution >= 4 is 34.8 Å². The maximum absolute atomic E-state index is 6.06. The molecule has 0 radical (unpaired) electrons. The summed E-state index contributed by atoms with van der Waals surface area (Å²) in [5, 5.41) is 4.02. The number of hydrogen-bond donors (Lipinski definition) is 3. The van der Waals surface area contributed by atoms with E-state index in [1.807, 2.05) is 0 Å². The molecule has 1 aliphatic heterocycles. The van der Waals surface area contributed by atoms with E-state index in [2.05, 4.69) is 15.7 Å². The highest BCUT2D eigenvalue weighted by Gasteiger charge is 2.15. The van der Waals surface area contributed by atoms with Gasteiger partial charge in [-0.25, -0.2) is 10.8 Å². The predicted octanol–water partition coefficient (Wildman–Crippen LogP) is 2.66. The number of nitrogens with one attached hydrogen (secondary N) is 2. The van der Waals surface area contributed by atoms with E-state index < -0.39 is 0 Å². The Hall–Kier alpha value is -0.750. The van der Waals surface area contributed by atoms with Crippen molar-refractivity contribution in [3.05, 3.63) is 16.1 Å². The van der Waals surface area contributed by atoms with E-state index in [1.165, 1.54) is 6.42 Å². The Balaban J connectivity index is 1.99. The Kier molecular flexibility index (Phi) is 4.88. The van der Waals surface area contributed by atoms with Crippen LogP contribution >= 0.6 is 23.2 Å². The van der Waals surface area contributed by atoms with Crippen molar-refractivity contribution in [2.75, 3.05) is 23.9 Å². The third kappa shape index (κ3) is 3.38. The fourth-order valence-corrected chi connectivity index (χ4v) is 2.35. The van der Waals surface area contributed by atoms with Gasteiger partial charge in [0.05, 0.1) is 16.1 Å². The molecule has 1 atom stereocenters. The van der Waals surface area contributed by atoms with Gasteiger partial charge in [0, 0.05) is 13.2 Å². The molecule has 1 aromatic heterocycles. The number of rotatable bonds is 4. The molecule has 0 saturated carbocycles. The first-order chi connectivity index (χ1) is 8.70. The number of anilines is 2. The van der Waals surface area contributed by atoms with Gasteiger partial charge in [0.25, 0.3) is 0 Å². The zero-order valence-electron chi connectivity index (χ0n) is 9.88. The number of halogens is 2. The highest BCUT2D eigenvalue weighted by molar-refractivity contribution is 6.37. The highest BCUT2D eigenvalue weighted by atomic mass is 35.5. The lowest BCUT2D eigenvalue weighted by molar-refractivity contribution is 0.0247. The van der Waals surface area contributed by atoms with Crippen molar-refractivity contribution in [1.82, 2.24) is 4.98 Å². The van der Waals surface area contributed by atoms with E-state index in [9.17, 15) is 0 Å². The van der Waals surface area contributed by atoms with E-state index in [1.54, 1.807) is 6.07 Å². The van der Waals surface area contributed by atoms with Gasteiger partial charge >= 0.3 is 0 Å². The van der Waals surface area contributed by atoms with Crippen LogP contribution in [0, 0.1) is 0 Å². The molecular weight excluding hydrogens is 275 g/mol. The summed E-state index contributed by atoms with van der Waals surface area (Å²) < 4.78 is 5.62. The van der Waals surface area contributed by atoms with Gasteiger partial charge in [0.15, 0.2) is 5.82 Å². The molecule has 18 heavy (non-hydrogen) atoms. The average molecular weight is 291 g/mol. The Morgan fingerprint density at radius 3 is 2.78 bits per heavy atom. The normalized spacial score (nSPS) is 19.6. The average Bonchev–Trinajstić information content (AvgIpc) is 2.39. The number of aromatic nitrogens is 1. The maximum atomic E-state index is 6.06. The van der Waals surface area contributed by atoms with Gasteiger partial charge in [0.1, 0.15) is 5.82 Å². The first-order valence-electron chi connectivity index (χ1n) is 5.89. The third-order valence-electron chi connectivity index (χ3n) is 2.84. The third-order valence-corrected chi connectivity index (χ3v) is 3.41. The summed E-state index contributed by atoms with van der Waals surface area (Å²) in [5.74, 6) is 6.27.